The highest BCUT2D eigenvalue weighted by Crippen LogP contribution is 2.18. The number of thiazole rings is 1. The number of aromatic nitrogens is 1. The van der Waals surface area contributed by atoms with E-state index in [1.165, 1.54) is 5.01 Å². The van der Waals surface area contributed by atoms with Crippen molar-refractivity contribution in [1.82, 2.24) is 9.88 Å². The molecule has 1 aliphatic rings. The average molecular weight is 270 g/mol. The summed E-state index contributed by atoms with van der Waals surface area (Å²) in [4.78, 5) is 7.00. The second kappa shape index (κ2) is 6.61. The molecule has 1 aromatic rings. The molecule has 0 bridgehead atoms. The summed E-state index contributed by atoms with van der Waals surface area (Å²) in [5.74, 6) is 0. The highest BCUT2D eigenvalue weighted by Gasteiger charge is 2.26. The second-order valence-corrected chi connectivity index (χ2v) is 5.84. The zero-order valence-electron chi connectivity index (χ0n) is 11.1. The fourth-order valence-corrected chi connectivity index (χ4v) is 3.06. The van der Waals surface area contributed by atoms with E-state index in [0.29, 0.717) is 12.6 Å². The summed E-state index contributed by atoms with van der Waals surface area (Å²) in [6.07, 6.45) is 2.17. The minimum atomic E-state index is -0.0463. The fourth-order valence-electron chi connectivity index (χ4n) is 2.16. The lowest BCUT2D eigenvalue weighted by Gasteiger charge is -2.36. The number of aliphatic hydroxyl groups excluding tert-OH is 1. The van der Waals surface area contributed by atoms with Crippen molar-refractivity contribution < 1.29 is 9.84 Å². The van der Waals surface area contributed by atoms with Crippen molar-refractivity contribution in [2.24, 2.45) is 0 Å². The third-order valence-electron chi connectivity index (χ3n) is 3.27. The first-order valence-corrected chi connectivity index (χ1v) is 7.50. The first-order chi connectivity index (χ1) is 8.72. The van der Waals surface area contributed by atoms with Crippen LogP contribution in [0.15, 0.2) is 5.38 Å². The number of hydrogen-bond acceptors (Lipinski definition) is 5. The van der Waals surface area contributed by atoms with Crippen LogP contribution in [0.2, 0.25) is 0 Å². The molecule has 5 heteroatoms. The predicted octanol–water partition coefficient (Wildman–Crippen LogP) is 1.68. The van der Waals surface area contributed by atoms with Gasteiger partial charge in [-0.2, -0.15) is 0 Å². The Hall–Kier alpha value is -0.490. The number of rotatable bonds is 5. The third kappa shape index (κ3) is 3.51. The zero-order valence-corrected chi connectivity index (χ0v) is 11.9. The summed E-state index contributed by atoms with van der Waals surface area (Å²) < 4.78 is 5.54. The minimum absolute atomic E-state index is 0.0463. The Bertz CT molecular complexity index is 370. The predicted molar refractivity (Wildman–Crippen MR) is 72.8 cm³/mol. The van der Waals surface area contributed by atoms with Crippen LogP contribution in [0.5, 0.6) is 0 Å². The Morgan fingerprint density at radius 1 is 1.61 bits per heavy atom. The van der Waals surface area contributed by atoms with Gasteiger partial charge >= 0.3 is 0 Å². The van der Waals surface area contributed by atoms with E-state index < -0.39 is 0 Å². The molecule has 2 rings (SSSR count). The maximum Gasteiger partial charge on any atom is 0.0933 e. The fraction of sp³-hybridized carbons (Fsp3) is 0.769. The van der Waals surface area contributed by atoms with Gasteiger partial charge in [-0.1, -0.05) is 6.92 Å². The molecule has 2 heterocycles. The Kier molecular flexibility index (Phi) is 5.12. The van der Waals surface area contributed by atoms with Crippen LogP contribution in [0.25, 0.3) is 0 Å². The number of hydrogen-bond donors (Lipinski definition) is 1. The molecule has 0 aliphatic carbocycles. The van der Waals surface area contributed by atoms with Gasteiger partial charge in [0.2, 0.25) is 0 Å². The van der Waals surface area contributed by atoms with Crippen LogP contribution in [-0.2, 0) is 17.7 Å². The Morgan fingerprint density at radius 3 is 3.17 bits per heavy atom. The molecule has 1 N–H and O–H groups in total. The lowest BCUT2D eigenvalue weighted by molar-refractivity contribution is -0.0808. The van der Waals surface area contributed by atoms with Gasteiger partial charge in [-0.3, -0.25) is 4.90 Å². The lowest BCUT2D eigenvalue weighted by atomic mass is 10.2. The van der Waals surface area contributed by atoms with Gasteiger partial charge in [-0.25, -0.2) is 4.98 Å². The van der Waals surface area contributed by atoms with Crippen molar-refractivity contribution in [2.45, 2.75) is 45.4 Å². The van der Waals surface area contributed by atoms with Crippen molar-refractivity contribution in [1.29, 1.82) is 0 Å². The standard InChI is InChI=1S/C13H22N2O2S/c1-3-4-13-14-11(9-18-13)5-15-6-12(7-16)17-8-10(15)2/h9-10,12,16H,3-8H2,1-2H3. The first kappa shape index (κ1) is 13.9. The molecule has 4 nitrogen and oxygen atoms in total. The van der Waals surface area contributed by atoms with Gasteiger partial charge in [0.25, 0.3) is 0 Å². The molecule has 2 unspecified atom stereocenters. The van der Waals surface area contributed by atoms with Gasteiger partial charge in [0, 0.05) is 24.5 Å². The summed E-state index contributed by atoms with van der Waals surface area (Å²) in [7, 11) is 0. The van der Waals surface area contributed by atoms with Gasteiger partial charge < -0.3 is 9.84 Å². The SMILES string of the molecule is CCCc1nc(CN2CC(CO)OCC2C)cs1. The van der Waals surface area contributed by atoms with Crippen LogP contribution >= 0.6 is 11.3 Å². The Balaban J connectivity index is 1.93. The van der Waals surface area contributed by atoms with E-state index in [-0.39, 0.29) is 12.7 Å². The molecule has 1 saturated heterocycles. The van der Waals surface area contributed by atoms with Gasteiger partial charge in [0.15, 0.2) is 0 Å². The number of ether oxygens (including phenoxy) is 1. The number of nitrogens with zero attached hydrogens (tertiary/aromatic N) is 2. The molecule has 18 heavy (non-hydrogen) atoms. The number of aryl methyl sites for hydroxylation is 1. The summed E-state index contributed by atoms with van der Waals surface area (Å²) in [5.41, 5.74) is 1.15. The Morgan fingerprint density at radius 2 is 2.44 bits per heavy atom. The maximum absolute atomic E-state index is 9.17. The molecule has 2 atom stereocenters. The quantitative estimate of drug-likeness (QED) is 0.884. The van der Waals surface area contributed by atoms with Gasteiger partial charge in [-0.05, 0) is 19.8 Å². The van der Waals surface area contributed by atoms with E-state index in [1.54, 1.807) is 11.3 Å². The van der Waals surface area contributed by atoms with E-state index in [1.807, 2.05) is 0 Å². The Labute approximate surface area is 113 Å². The summed E-state index contributed by atoms with van der Waals surface area (Å²) >= 11 is 1.75. The molecular weight excluding hydrogens is 248 g/mol. The van der Waals surface area contributed by atoms with Crippen LogP contribution in [-0.4, -0.2) is 46.9 Å². The largest absolute Gasteiger partial charge is 0.394 e. The number of morpholine rings is 1. The monoisotopic (exact) mass is 270 g/mol. The third-order valence-corrected chi connectivity index (χ3v) is 4.22. The van der Waals surface area contributed by atoms with Gasteiger partial charge in [-0.15, -0.1) is 11.3 Å². The van der Waals surface area contributed by atoms with E-state index in [4.69, 9.17) is 9.84 Å². The summed E-state index contributed by atoms with van der Waals surface area (Å²) in [5, 5.41) is 12.6. The summed E-state index contributed by atoms with van der Waals surface area (Å²) in [6, 6.07) is 0.393. The molecular formula is C13H22N2O2S. The average Bonchev–Trinajstić information content (AvgIpc) is 2.80. The van der Waals surface area contributed by atoms with Crippen LogP contribution in [0.1, 0.15) is 31.0 Å². The highest BCUT2D eigenvalue weighted by atomic mass is 32.1. The maximum atomic E-state index is 9.17. The van der Waals surface area contributed by atoms with Crippen LogP contribution in [0.4, 0.5) is 0 Å². The molecule has 0 spiro atoms. The highest BCUT2D eigenvalue weighted by molar-refractivity contribution is 7.09. The van der Waals surface area contributed by atoms with Gasteiger partial charge in [0.1, 0.15) is 0 Å². The number of aliphatic hydroxyl groups is 1. The summed E-state index contributed by atoms with van der Waals surface area (Å²) in [6.45, 7) is 6.78. The second-order valence-electron chi connectivity index (χ2n) is 4.90. The molecule has 0 aromatic carbocycles. The van der Waals surface area contributed by atoms with E-state index >= 15 is 0 Å². The molecule has 0 saturated carbocycles. The molecule has 1 fully saturated rings. The molecule has 0 radical (unpaired) electrons. The zero-order chi connectivity index (χ0) is 13.0. The lowest BCUT2D eigenvalue weighted by Crippen LogP contribution is -2.48. The topological polar surface area (TPSA) is 45.6 Å². The smallest absolute Gasteiger partial charge is 0.0933 e. The van der Waals surface area contributed by atoms with Crippen molar-refractivity contribution >= 4 is 11.3 Å². The van der Waals surface area contributed by atoms with Gasteiger partial charge in [0.05, 0.1) is 30.0 Å². The normalized spacial score (nSPS) is 25.5. The van der Waals surface area contributed by atoms with Crippen LogP contribution in [0.3, 0.4) is 0 Å². The first-order valence-electron chi connectivity index (χ1n) is 6.62. The van der Waals surface area contributed by atoms with Crippen LogP contribution in [0, 0.1) is 0 Å². The van der Waals surface area contributed by atoms with Crippen LogP contribution < -0.4 is 0 Å². The van der Waals surface area contributed by atoms with Crippen molar-refractivity contribution in [3.05, 3.63) is 16.1 Å². The molecule has 1 aromatic heterocycles. The van der Waals surface area contributed by atoms with E-state index in [9.17, 15) is 0 Å². The van der Waals surface area contributed by atoms with E-state index in [2.05, 4.69) is 29.1 Å². The molecule has 0 amide bonds. The van der Waals surface area contributed by atoms with Crippen molar-refractivity contribution in [3.63, 3.8) is 0 Å². The van der Waals surface area contributed by atoms with Crippen molar-refractivity contribution in [2.75, 3.05) is 19.8 Å². The minimum Gasteiger partial charge on any atom is -0.394 e. The van der Waals surface area contributed by atoms with E-state index in [0.717, 1.165) is 31.6 Å². The molecule has 1 aliphatic heterocycles. The van der Waals surface area contributed by atoms with Crippen molar-refractivity contribution in [3.8, 4) is 0 Å². The molecule has 102 valence electrons.